The fraction of sp³-hybridized carbons (Fsp3) is 0.900. The molecule has 1 atom stereocenters. The van der Waals surface area contributed by atoms with Gasteiger partial charge in [-0.3, -0.25) is 4.79 Å². The summed E-state index contributed by atoms with van der Waals surface area (Å²) in [6, 6.07) is 0. The molecule has 1 amide bonds. The van der Waals surface area contributed by atoms with E-state index in [4.69, 9.17) is 10.8 Å². The number of carbonyl (C=O) groups excluding carboxylic acids is 1. The van der Waals surface area contributed by atoms with Gasteiger partial charge in [-0.25, -0.2) is 0 Å². The van der Waals surface area contributed by atoms with E-state index in [9.17, 15) is 4.79 Å². The van der Waals surface area contributed by atoms with Crippen LogP contribution >= 0.6 is 11.8 Å². The van der Waals surface area contributed by atoms with E-state index in [1.54, 1.807) is 11.8 Å². The fourth-order valence-corrected chi connectivity index (χ4v) is 2.06. The highest BCUT2D eigenvalue weighted by Crippen LogP contribution is 2.14. The van der Waals surface area contributed by atoms with E-state index in [0.717, 1.165) is 30.9 Å². The molecule has 0 saturated carbocycles. The summed E-state index contributed by atoms with van der Waals surface area (Å²) in [6.45, 7) is 4.76. The summed E-state index contributed by atoms with van der Waals surface area (Å²) < 4.78 is 0. The molecule has 0 saturated heterocycles. The van der Waals surface area contributed by atoms with Crippen molar-refractivity contribution in [2.75, 3.05) is 24.7 Å². The summed E-state index contributed by atoms with van der Waals surface area (Å²) in [5.74, 6) is 1.42. The van der Waals surface area contributed by atoms with Crippen LogP contribution in [0.25, 0.3) is 0 Å². The second-order valence-corrected chi connectivity index (χ2v) is 4.89. The Morgan fingerprint density at radius 1 is 1.53 bits per heavy atom. The second kappa shape index (κ2) is 7.96. The summed E-state index contributed by atoms with van der Waals surface area (Å²) in [6.07, 6.45) is 1.67. The van der Waals surface area contributed by atoms with Gasteiger partial charge in [0.1, 0.15) is 0 Å². The maximum Gasteiger partial charge on any atom is 0.237 e. The maximum absolute atomic E-state index is 11.2. The van der Waals surface area contributed by atoms with E-state index in [-0.39, 0.29) is 12.5 Å². The number of aliphatic hydroxyl groups excluding tert-OH is 1. The third kappa shape index (κ3) is 6.02. The first-order chi connectivity index (χ1) is 7.06. The number of likely N-dealkylation sites (N-methyl/N-ethyl adjacent to an activating group) is 1. The first-order valence-electron chi connectivity index (χ1n) is 5.30. The first-order valence-corrected chi connectivity index (χ1v) is 6.46. The van der Waals surface area contributed by atoms with Gasteiger partial charge in [-0.05, 0) is 32.1 Å². The Morgan fingerprint density at radius 2 is 2.20 bits per heavy atom. The monoisotopic (exact) mass is 234 g/mol. The lowest BCUT2D eigenvalue weighted by atomic mass is 9.95. The van der Waals surface area contributed by atoms with Crippen molar-refractivity contribution in [3.63, 3.8) is 0 Å². The van der Waals surface area contributed by atoms with Crippen LogP contribution in [-0.4, -0.2) is 41.2 Å². The molecular weight excluding hydrogens is 212 g/mol. The van der Waals surface area contributed by atoms with Gasteiger partial charge in [-0.2, -0.15) is 11.8 Å². The SMILES string of the molecule is CCNC(C)(CCCSCCO)C(N)=O. The van der Waals surface area contributed by atoms with Crippen LogP contribution in [0.5, 0.6) is 0 Å². The Bertz CT molecular complexity index is 190. The number of rotatable bonds is 9. The summed E-state index contributed by atoms with van der Waals surface area (Å²) in [5, 5.41) is 11.7. The number of hydrogen-bond donors (Lipinski definition) is 3. The highest BCUT2D eigenvalue weighted by molar-refractivity contribution is 7.99. The second-order valence-electron chi connectivity index (χ2n) is 3.67. The average molecular weight is 234 g/mol. The number of hydrogen-bond acceptors (Lipinski definition) is 4. The number of carbonyl (C=O) groups is 1. The van der Waals surface area contributed by atoms with Crippen LogP contribution in [0.1, 0.15) is 26.7 Å². The van der Waals surface area contributed by atoms with Gasteiger partial charge in [0, 0.05) is 5.75 Å². The summed E-state index contributed by atoms with van der Waals surface area (Å²) in [7, 11) is 0. The van der Waals surface area contributed by atoms with Crippen LogP contribution in [0, 0.1) is 0 Å². The van der Waals surface area contributed by atoms with Crippen molar-refractivity contribution < 1.29 is 9.90 Å². The predicted octanol–water partition coefficient (Wildman–Crippen LogP) is 0.346. The van der Waals surface area contributed by atoms with Gasteiger partial charge in [-0.1, -0.05) is 6.92 Å². The minimum absolute atomic E-state index is 0.213. The molecule has 0 aromatic heterocycles. The smallest absolute Gasteiger partial charge is 0.237 e. The predicted molar refractivity (Wildman–Crippen MR) is 64.9 cm³/mol. The number of nitrogens with one attached hydrogen (secondary N) is 1. The first kappa shape index (κ1) is 14.7. The molecule has 0 rings (SSSR count). The normalized spacial score (nSPS) is 14.9. The van der Waals surface area contributed by atoms with Crippen LogP contribution in [0.15, 0.2) is 0 Å². The van der Waals surface area contributed by atoms with Gasteiger partial charge in [-0.15, -0.1) is 0 Å². The third-order valence-corrected chi connectivity index (χ3v) is 3.36. The number of aliphatic hydroxyl groups is 1. The van der Waals surface area contributed by atoms with E-state index >= 15 is 0 Å². The maximum atomic E-state index is 11.2. The molecule has 0 bridgehead atoms. The molecule has 0 spiro atoms. The molecule has 0 aromatic carbocycles. The van der Waals surface area contributed by atoms with Crippen molar-refractivity contribution in [1.82, 2.24) is 5.32 Å². The summed E-state index contributed by atoms with van der Waals surface area (Å²) in [5.41, 5.74) is 4.76. The molecule has 4 N–H and O–H groups in total. The molecule has 4 nitrogen and oxygen atoms in total. The lowest BCUT2D eigenvalue weighted by Crippen LogP contribution is -2.53. The Kier molecular flexibility index (Phi) is 7.82. The van der Waals surface area contributed by atoms with E-state index < -0.39 is 5.54 Å². The van der Waals surface area contributed by atoms with Crippen molar-refractivity contribution in [1.29, 1.82) is 0 Å². The lowest BCUT2D eigenvalue weighted by molar-refractivity contribution is -0.124. The van der Waals surface area contributed by atoms with Gasteiger partial charge < -0.3 is 16.2 Å². The molecule has 0 heterocycles. The fourth-order valence-electron chi connectivity index (χ4n) is 1.38. The van der Waals surface area contributed by atoms with Crippen LogP contribution in [-0.2, 0) is 4.79 Å². The number of primary amides is 1. The summed E-state index contributed by atoms with van der Waals surface area (Å²) >= 11 is 1.69. The van der Waals surface area contributed by atoms with Crippen LogP contribution in [0.4, 0.5) is 0 Å². The zero-order chi connectivity index (χ0) is 11.7. The lowest BCUT2D eigenvalue weighted by Gasteiger charge is -2.26. The number of amides is 1. The molecule has 15 heavy (non-hydrogen) atoms. The molecule has 0 radical (unpaired) electrons. The van der Waals surface area contributed by atoms with Crippen molar-refractivity contribution in [2.24, 2.45) is 5.73 Å². The van der Waals surface area contributed by atoms with E-state index in [2.05, 4.69) is 5.32 Å². The van der Waals surface area contributed by atoms with Crippen molar-refractivity contribution in [3.05, 3.63) is 0 Å². The molecule has 0 aromatic rings. The zero-order valence-corrected chi connectivity index (χ0v) is 10.4. The molecule has 0 aliphatic rings. The molecule has 1 unspecified atom stereocenters. The molecule has 0 aliphatic heterocycles. The van der Waals surface area contributed by atoms with Gasteiger partial charge >= 0.3 is 0 Å². The molecule has 0 aliphatic carbocycles. The van der Waals surface area contributed by atoms with Crippen LogP contribution in [0.2, 0.25) is 0 Å². The number of thioether (sulfide) groups is 1. The third-order valence-electron chi connectivity index (χ3n) is 2.31. The van der Waals surface area contributed by atoms with Gasteiger partial charge in [0.15, 0.2) is 0 Å². The number of nitrogens with two attached hydrogens (primary N) is 1. The zero-order valence-electron chi connectivity index (χ0n) is 9.58. The topological polar surface area (TPSA) is 75.3 Å². The molecule has 90 valence electrons. The van der Waals surface area contributed by atoms with Crippen molar-refractivity contribution >= 4 is 17.7 Å². The largest absolute Gasteiger partial charge is 0.396 e. The van der Waals surface area contributed by atoms with Gasteiger partial charge in [0.2, 0.25) is 5.91 Å². The van der Waals surface area contributed by atoms with Gasteiger partial charge in [0.05, 0.1) is 12.1 Å². The van der Waals surface area contributed by atoms with Crippen molar-refractivity contribution in [3.8, 4) is 0 Å². The Balaban J connectivity index is 3.81. The van der Waals surface area contributed by atoms with E-state index in [1.807, 2.05) is 13.8 Å². The highest BCUT2D eigenvalue weighted by atomic mass is 32.2. The molecule has 5 heteroatoms. The molecular formula is C10H22N2O2S. The van der Waals surface area contributed by atoms with Gasteiger partial charge in [0.25, 0.3) is 0 Å². The summed E-state index contributed by atoms with van der Waals surface area (Å²) in [4.78, 5) is 11.2. The van der Waals surface area contributed by atoms with E-state index in [0.29, 0.717) is 0 Å². The van der Waals surface area contributed by atoms with Crippen LogP contribution < -0.4 is 11.1 Å². The standard InChI is InChI=1S/C10H22N2O2S/c1-3-12-10(2,9(11)14)5-4-7-15-8-6-13/h12-13H,3-8H2,1-2H3,(H2,11,14). The Hall–Kier alpha value is -0.260. The van der Waals surface area contributed by atoms with Crippen molar-refractivity contribution in [2.45, 2.75) is 32.2 Å². The van der Waals surface area contributed by atoms with Crippen LogP contribution in [0.3, 0.4) is 0 Å². The average Bonchev–Trinajstić information content (AvgIpc) is 2.18. The van der Waals surface area contributed by atoms with E-state index in [1.165, 1.54) is 0 Å². The Labute approximate surface area is 96.0 Å². The highest BCUT2D eigenvalue weighted by Gasteiger charge is 2.28. The minimum atomic E-state index is -0.589. The Morgan fingerprint density at radius 3 is 2.67 bits per heavy atom. The molecule has 0 fully saturated rings. The minimum Gasteiger partial charge on any atom is -0.396 e. The quantitative estimate of drug-likeness (QED) is 0.503.